The summed E-state index contributed by atoms with van der Waals surface area (Å²) in [6.45, 7) is 4.46. The van der Waals surface area contributed by atoms with Crippen molar-refractivity contribution in [2.24, 2.45) is 0 Å². The summed E-state index contributed by atoms with van der Waals surface area (Å²) in [5.74, 6) is -1.54. The van der Waals surface area contributed by atoms with Crippen molar-refractivity contribution in [1.29, 1.82) is 0 Å². The molecule has 11 nitrogen and oxygen atoms in total. The minimum Gasteiger partial charge on any atom is -0.478 e. The van der Waals surface area contributed by atoms with E-state index in [9.17, 15) is 14.4 Å². The molecule has 34 heavy (non-hydrogen) atoms. The number of carboxylic acid groups (broad SMARTS) is 2. The summed E-state index contributed by atoms with van der Waals surface area (Å²) in [7, 11) is 0. The van der Waals surface area contributed by atoms with Gasteiger partial charge in [-0.1, -0.05) is 17.3 Å². The van der Waals surface area contributed by atoms with Gasteiger partial charge in [-0.05, 0) is 37.1 Å². The van der Waals surface area contributed by atoms with Crippen LogP contribution in [0, 0.1) is 0 Å². The molecule has 6 rings (SSSR count). The summed E-state index contributed by atoms with van der Waals surface area (Å²) in [5.41, 5.74) is 1.07. The normalized spacial score (nSPS) is 19.5. The van der Waals surface area contributed by atoms with Crippen LogP contribution >= 0.6 is 0 Å². The van der Waals surface area contributed by atoms with Crippen LogP contribution in [0.2, 0.25) is 0 Å². The zero-order valence-electron chi connectivity index (χ0n) is 18.3. The Hall–Kier alpha value is -4.12. The molecule has 3 fully saturated rings. The Morgan fingerprint density at radius 1 is 0.941 bits per heavy atom. The second kappa shape index (κ2) is 10.2. The van der Waals surface area contributed by atoms with E-state index >= 15 is 0 Å². The fourth-order valence-corrected chi connectivity index (χ4v) is 4.16. The first-order valence-corrected chi connectivity index (χ1v) is 10.9. The number of aromatic nitrogens is 4. The molecule has 176 valence electrons. The van der Waals surface area contributed by atoms with Gasteiger partial charge in [0, 0.05) is 44.4 Å². The van der Waals surface area contributed by atoms with Crippen LogP contribution in [-0.2, 0) is 9.59 Å². The van der Waals surface area contributed by atoms with Crippen LogP contribution in [-0.4, -0.2) is 79.3 Å². The van der Waals surface area contributed by atoms with Crippen molar-refractivity contribution >= 4 is 28.7 Å². The number of fused-ring (bicyclic) bond motifs is 5. The zero-order chi connectivity index (χ0) is 24.1. The smallest absolute Gasteiger partial charge is 0.328 e. The second-order valence-electron chi connectivity index (χ2n) is 7.97. The molecule has 0 amide bonds. The van der Waals surface area contributed by atoms with E-state index in [0.717, 1.165) is 18.9 Å². The first kappa shape index (κ1) is 23.1. The molecule has 0 atom stereocenters. The average molecular weight is 464 g/mol. The van der Waals surface area contributed by atoms with E-state index in [1.807, 2.05) is 24.3 Å². The number of piperidine rings is 1. The highest BCUT2D eigenvalue weighted by Gasteiger charge is 2.29. The molecule has 0 saturated carbocycles. The SMILES string of the molecule is O=C(O)/C=C/C(=O)O.O=c1c2ccccc2nnn1-c1ccc(N2CCN3CCC2CC3)nc1. The molecule has 2 aromatic heterocycles. The molecule has 2 N–H and O–H groups in total. The van der Waals surface area contributed by atoms with Gasteiger partial charge in [0.2, 0.25) is 0 Å². The number of rotatable bonds is 4. The molecule has 2 bridgehead atoms. The molecule has 0 radical (unpaired) electrons. The molecule has 11 heteroatoms. The van der Waals surface area contributed by atoms with E-state index in [0.29, 0.717) is 34.8 Å². The highest BCUT2D eigenvalue weighted by molar-refractivity contribution is 5.89. The third-order valence-corrected chi connectivity index (χ3v) is 5.86. The summed E-state index contributed by atoms with van der Waals surface area (Å²) in [5, 5.41) is 24.4. The highest BCUT2D eigenvalue weighted by atomic mass is 16.4. The number of nitrogens with zero attached hydrogens (tertiary/aromatic N) is 6. The summed E-state index contributed by atoms with van der Waals surface area (Å²) in [6.07, 6.45) is 5.22. The quantitative estimate of drug-likeness (QED) is 0.540. The monoisotopic (exact) mass is 464 g/mol. The van der Waals surface area contributed by atoms with Crippen molar-refractivity contribution in [3.8, 4) is 5.69 Å². The Morgan fingerprint density at radius 2 is 1.65 bits per heavy atom. The van der Waals surface area contributed by atoms with Gasteiger partial charge < -0.3 is 20.0 Å². The summed E-state index contributed by atoms with van der Waals surface area (Å²) in [6, 6.07) is 11.7. The number of carbonyl (C=O) groups is 2. The maximum Gasteiger partial charge on any atom is 0.328 e. The van der Waals surface area contributed by atoms with Crippen LogP contribution in [0.15, 0.2) is 59.5 Å². The average Bonchev–Trinajstić information content (AvgIpc) is 3.18. The molecule has 0 unspecified atom stereocenters. The first-order chi connectivity index (χ1) is 16.4. The standard InChI is InChI=1S/C19H20N6O.C4H4O4/c26-19-16-3-1-2-4-17(16)21-22-25(19)15-5-6-18(20-13-15)24-12-11-23-9-7-14(24)8-10-23;5-3(6)1-2-4(7)8/h1-6,13-14H,7-12H2;1-2H,(H,5,6)(H,7,8)/b;2-1+. The number of carboxylic acids is 2. The van der Waals surface area contributed by atoms with E-state index in [-0.39, 0.29) is 5.56 Å². The fraction of sp³-hybridized carbons (Fsp3) is 0.304. The molecule has 3 saturated heterocycles. The molecule has 3 aliphatic heterocycles. The van der Waals surface area contributed by atoms with E-state index in [1.165, 1.54) is 30.6 Å². The Balaban J connectivity index is 0.000000297. The first-order valence-electron chi connectivity index (χ1n) is 10.9. The predicted octanol–water partition coefficient (Wildman–Crippen LogP) is 1.17. The van der Waals surface area contributed by atoms with Gasteiger partial charge >= 0.3 is 11.9 Å². The van der Waals surface area contributed by atoms with Crippen LogP contribution in [0.4, 0.5) is 5.82 Å². The molecule has 5 heterocycles. The van der Waals surface area contributed by atoms with E-state index in [1.54, 1.807) is 18.3 Å². The number of hydrogen-bond donors (Lipinski definition) is 2. The van der Waals surface area contributed by atoms with Crippen molar-refractivity contribution in [2.75, 3.05) is 31.1 Å². The molecule has 3 aromatic rings. The fourth-order valence-electron chi connectivity index (χ4n) is 4.16. The summed E-state index contributed by atoms with van der Waals surface area (Å²) in [4.78, 5) is 41.4. The Morgan fingerprint density at radius 3 is 2.29 bits per heavy atom. The van der Waals surface area contributed by atoms with Crippen LogP contribution in [0.25, 0.3) is 16.6 Å². The summed E-state index contributed by atoms with van der Waals surface area (Å²) < 4.78 is 1.32. The van der Waals surface area contributed by atoms with Gasteiger partial charge in [-0.3, -0.25) is 4.79 Å². The van der Waals surface area contributed by atoms with Crippen LogP contribution in [0.1, 0.15) is 12.8 Å². The number of aliphatic carboxylic acids is 2. The lowest BCUT2D eigenvalue weighted by Crippen LogP contribution is -2.38. The van der Waals surface area contributed by atoms with Gasteiger partial charge in [0.25, 0.3) is 5.56 Å². The second-order valence-corrected chi connectivity index (χ2v) is 7.97. The highest BCUT2D eigenvalue weighted by Crippen LogP contribution is 2.25. The van der Waals surface area contributed by atoms with E-state index in [4.69, 9.17) is 10.2 Å². The molecular weight excluding hydrogens is 440 g/mol. The lowest BCUT2D eigenvalue weighted by atomic mass is 10.1. The number of pyridine rings is 1. The minimum absolute atomic E-state index is 0.175. The third-order valence-electron chi connectivity index (χ3n) is 5.86. The Bertz CT molecular complexity index is 1250. The maximum absolute atomic E-state index is 12.7. The number of anilines is 1. The van der Waals surface area contributed by atoms with Gasteiger partial charge in [-0.2, -0.15) is 4.68 Å². The van der Waals surface area contributed by atoms with Crippen LogP contribution < -0.4 is 10.5 Å². The van der Waals surface area contributed by atoms with Gasteiger partial charge in [-0.25, -0.2) is 14.6 Å². The van der Waals surface area contributed by atoms with Crippen molar-refractivity contribution in [3.63, 3.8) is 0 Å². The van der Waals surface area contributed by atoms with Crippen molar-refractivity contribution in [3.05, 3.63) is 65.1 Å². The minimum atomic E-state index is -1.26. The maximum atomic E-state index is 12.7. The number of hydrogen-bond acceptors (Lipinski definition) is 8. The molecule has 0 aliphatic carbocycles. The lowest BCUT2D eigenvalue weighted by Gasteiger charge is -2.32. The lowest BCUT2D eigenvalue weighted by molar-refractivity contribution is -0.134. The topological polar surface area (TPSA) is 142 Å². The largest absolute Gasteiger partial charge is 0.478 e. The van der Waals surface area contributed by atoms with Gasteiger partial charge in [-0.15, -0.1) is 5.10 Å². The van der Waals surface area contributed by atoms with E-state index < -0.39 is 11.9 Å². The summed E-state index contributed by atoms with van der Waals surface area (Å²) >= 11 is 0. The van der Waals surface area contributed by atoms with Gasteiger partial charge in [0.05, 0.1) is 17.3 Å². The van der Waals surface area contributed by atoms with Gasteiger partial charge in [0.15, 0.2) is 0 Å². The Kier molecular flexibility index (Phi) is 6.93. The van der Waals surface area contributed by atoms with Crippen LogP contribution in [0.5, 0.6) is 0 Å². The predicted molar refractivity (Wildman–Crippen MR) is 124 cm³/mol. The van der Waals surface area contributed by atoms with Crippen molar-refractivity contribution < 1.29 is 19.8 Å². The molecule has 3 aliphatic rings. The number of benzene rings is 1. The van der Waals surface area contributed by atoms with Gasteiger partial charge in [0.1, 0.15) is 11.3 Å². The Labute approximate surface area is 194 Å². The van der Waals surface area contributed by atoms with Crippen molar-refractivity contribution in [2.45, 2.75) is 18.9 Å². The molecular formula is C23H24N6O5. The van der Waals surface area contributed by atoms with Crippen molar-refractivity contribution in [1.82, 2.24) is 24.9 Å². The molecule has 0 spiro atoms. The zero-order valence-corrected chi connectivity index (χ0v) is 18.3. The molecule has 1 aromatic carbocycles. The third kappa shape index (κ3) is 5.26. The van der Waals surface area contributed by atoms with E-state index in [2.05, 4.69) is 25.1 Å². The van der Waals surface area contributed by atoms with Crippen LogP contribution in [0.3, 0.4) is 0 Å².